The van der Waals surface area contributed by atoms with Crippen LogP contribution in [0.25, 0.3) is 0 Å². The van der Waals surface area contributed by atoms with E-state index >= 15 is 0 Å². The number of ether oxygens (including phenoxy) is 1. The highest BCUT2D eigenvalue weighted by Gasteiger charge is 2.13. The van der Waals surface area contributed by atoms with Crippen LogP contribution in [0.2, 0.25) is 5.02 Å². The van der Waals surface area contributed by atoms with Crippen LogP contribution in [0.3, 0.4) is 0 Å². The molecule has 0 amide bonds. The van der Waals surface area contributed by atoms with Crippen molar-refractivity contribution in [2.24, 2.45) is 0 Å². The molecule has 1 N–H and O–H groups in total. The van der Waals surface area contributed by atoms with Gasteiger partial charge in [0.25, 0.3) is 0 Å². The van der Waals surface area contributed by atoms with Crippen LogP contribution in [0.15, 0.2) is 18.2 Å². The minimum atomic E-state index is 0.290. The second-order valence-corrected chi connectivity index (χ2v) is 4.58. The molecule has 2 rings (SSSR count). The molecule has 1 atom stereocenters. The third-order valence-corrected chi connectivity index (χ3v) is 3.21. The molecule has 1 fully saturated rings. The van der Waals surface area contributed by atoms with Crippen LogP contribution in [-0.4, -0.2) is 19.3 Å². The van der Waals surface area contributed by atoms with Crippen molar-refractivity contribution in [3.8, 4) is 6.07 Å². The van der Waals surface area contributed by atoms with Crippen molar-refractivity contribution in [3.05, 3.63) is 28.8 Å². The highest BCUT2D eigenvalue weighted by Crippen LogP contribution is 2.21. The van der Waals surface area contributed by atoms with Gasteiger partial charge in [-0.25, -0.2) is 0 Å². The van der Waals surface area contributed by atoms with Gasteiger partial charge in [-0.2, -0.15) is 5.26 Å². The third kappa shape index (κ3) is 3.36. The minimum absolute atomic E-state index is 0.290. The molecule has 4 heteroatoms. The molecule has 17 heavy (non-hydrogen) atoms. The maximum atomic E-state index is 8.77. The first kappa shape index (κ1) is 12.2. The van der Waals surface area contributed by atoms with Gasteiger partial charge in [0.15, 0.2) is 0 Å². The second kappa shape index (κ2) is 5.90. The van der Waals surface area contributed by atoms with Crippen LogP contribution < -0.4 is 5.32 Å². The van der Waals surface area contributed by atoms with Crippen LogP contribution in [0.5, 0.6) is 0 Å². The Kier molecular flexibility index (Phi) is 4.24. The molecular weight excluding hydrogens is 236 g/mol. The van der Waals surface area contributed by atoms with E-state index < -0.39 is 0 Å². The first-order valence-electron chi connectivity index (χ1n) is 5.85. The highest BCUT2D eigenvalue weighted by atomic mass is 35.5. The van der Waals surface area contributed by atoms with Crippen molar-refractivity contribution in [2.45, 2.75) is 25.4 Å². The van der Waals surface area contributed by atoms with Gasteiger partial charge >= 0.3 is 0 Å². The minimum Gasteiger partial charge on any atom is -0.382 e. The predicted molar refractivity (Wildman–Crippen MR) is 68.2 cm³/mol. The smallest absolute Gasteiger partial charge is 0.101 e. The Morgan fingerprint density at radius 3 is 3.00 bits per heavy atom. The summed E-state index contributed by atoms with van der Waals surface area (Å²) < 4.78 is 5.63. The van der Waals surface area contributed by atoms with Gasteiger partial charge in [0.1, 0.15) is 6.07 Å². The van der Waals surface area contributed by atoms with E-state index in [-0.39, 0.29) is 6.10 Å². The summed E-state index contributed by atoms with van der Waals surface area (Å²) in [5.41, 5.74) is 1.44. The van der Waals surface area contributed by atoms with E-state index in [1.807, 2.05) is 12.1 Å². The molecule has 90 valence electrons. The molecule has 1 heterocycles. The Morgan fingerprint density at radius 1 is 1.47 bits per heavy atom. The normalized spacial score (nSPS) is 19.6. The van der Waals surface area contributed by atoms with Crippen LogP contribution in [0.1, 0.15) is 24.8 Å². The molecular formula is C13H15ClN2O. The first-order valence-corrected chi connectivity index (χ1v) is 6.22. The number of nitriles is 1. The lowest BCUT2D eigenvalue weighted by molar-refractivity contribution is 0.0247. The molecule has 0 radical (unpaired) electrons. The van der Waals surface area contributed by atoms with Crippen molar-refractivity contribution in [2.75, 3.05) is 18.5 Å². The Bertz CT molecular complexity index is 422. The summed E-state index contributed by atoms with van der Waals surface area (Å²) in [6.07, 6.45) is 3.80. The van der Waals surface area contributed by atoms with Crippen LogP contribution >= 0.6 is 11.6 Å². The molecule has 0 aliphatic carbocycles. The molecule has 1 aliphatic heterocycles. The fourth-order valence-electron chi connectivity index (χ4n) is 1.92. The van der Waals surface area contributed by atoms with Gasteiger partial charge in [-0.05, 0) is 37.5 Å². The average molecular weight is 251 g/mol. The fraction of sp³-hybridized carbons (Fsp3) is 0.462. The zero-order valence-electron chi connectivity index (χ0n) is 9.58. The van der Waals surface area contributed by atoms with Crippen LogP contribution in [-0.2, 0) is 4.74 Å². The molecule has 3 nitrogen and oxygen atoms in total. The summed E-state index contributed by atoms with van der Waals surface area (Å²) in [4.78, 5) is 0. The summed E-state index contributed by atoms with van der Waals surface area (Å²) >= 11 is 5.96. The Balaban J connectivity index is 1.90. The molecule has 0 aromatic heterocycles. The summed E-state index contributed by atoms with van der Waals surface area (Å²) in [7, 11) is 0. The lowest BCUT2D eigenvalue weighted by Crippen LogP contribution is -2.26. The van der Waals surface area contributed by atoms with Crippen LogP contribution in [0.4, 0.5) is 5.69 Å². The highest BCUT2D eigenvalue weighted by molar-refractivity contribution is 6.32. The molecule has 1 aromatic rings. The Hall–Kier alpha value is -1.24. The van der Waals surface area contributed by atoms with Gasteiger partial charge in [-0.3, -0.25) is 0 Å². The number of rotatable bonds is 3. The molecule has 1 aromatic carbocycles. The standard InChI is InChI=1S/C13H15ClN2O/c14-13-7-11(5-4-10(13)8-15)16-9-12-3-1-2-6-17-12/h4-5,7,12,16H,1-3,6,9H2. The quantitative estimate of drug-likeness (QED) is 0.896. The maximum Gasteiger partial charge on any atom is 0.101 e. The van der Waals surface area contributed by atoms with Gasteiger partial charge in [0.05, 0.1) is 16.7 Å². The molecule has 1 aliphatic rings. The van der Waals surface area contributed by atoms with Crippen molar-refractivity contribution >= 4 is 17.3 Å². The number of hydrogen-bond donors (Lipinski definition) is 1. The van der Waals surface area contributed by atoms with Crippen LogP contribution in [0, 0.1) is 11.3 Å². The third-order valence-electron chi connectivity index (χ3n) is 2.90. The van der Waals surface area contributed by atoms with Crippen molar-refractivity contribution in [1.82, 2.24) is 0 Å². The van der Waals surface area contributed by atoms with E-state index in [9.17, 15) is 0 Å². The van der Waals surface area contributed by atoms with Gasteiger partial charge < -0.3 is 10.1 Å². The van der Waals surface area contributed by atoms with E-state index in [1.165, 1.54) is 12.8 Å². The van der Waals surface area contributed by atoms with Gasteiger partial charge in [-0.1, -0.05) is 11.6 Å². The summed E-state index contributed by atoms with van der Waals surface area (Å²) in [5.74, 6) is 0. The summed E-state index contributed by atoms with van der Waals surface area (Å²) in [5, 5.41) is 12.5. The average Bonchev–Trinajstić information content (AvgIpc) is 2.38. The lowest BCUT2D eigenvalue weighted by Gasteiger charge is -2.23. The number of halogens is 1. The first-order chi connectivity index (χ1) is 8.29. The number of hydrogen-bond acceptors (Lipinski definition) is 3. The summed E-state index contributed by atoms with van der Waals surface area (Å²) in [6, 6.07) is 7.42. The van der Waals surface area contributed by atoms with E-state index in [4.69, 9.17) is 21.6 Å². The van der Waals surface area contributed by atoms with Crippen molar-refractivity contribution < 1.29 is 4.74 Å². The van der Waals surface area contributed by atoms with E-state index in [0.717, 1.165) is 25.3 Å². The lowest BCUT2D eigenvalue weighted by atomic mass is 10.1. The second-order valence-electron chi connectivity index (χ2n) is 4.18. The molecule has 1 saturated heterocycles. The topological polar surface area (TPSA) is 45.0 Å². The van der Waals surface area contributed by atoms with E-state index in [0.29, 0.717) is 10.6 Å². The van der Waals surface area contributed by atoms with Crippen molar-refractivity contribution in [3.63, 3.8) is 0 Å². The SMILES string of the molecule is N#Cc1ccc(NCC2CCCCO2)cc1Cl. The summed E-state index contributed by atoms with van der Waals surface area (Å²) in [6.45, 7) is 1.66. The number of nitrogens with one attached hydrogen (secondary N) is 1. The Labute approximate surface area is 106 Å². The zero-order valence-corrected chi connectivity index (χ0v) is 10.3. The molecule has 1 unspecified atom stereocenters. The van der Waals surface area contributed by atoms with E-state index in [1.54, 1.807) is 12.1 Å². The fourth-order valence-corrected chi connectivity index (χ4v) is 2.14. The van der Waals surface area contributed by atoms with Gasteiger partial charge in [0, 0.05) is 18.8 Å². The predicted octanol–water partition coefficient (Wildman–Crippen LogP) is 3.19. The number of nitrogens with zero attached hydrogens (tertiary/aromatic N) is 1. The monoisotopic (exact) mass is 250 g/mol. The van der Waals surface area contributed by atoms with Crippen molar-refractivity contribution in [1.29, 1.82) is 5.26 Å². The van der Waals surface area contributed by atoms with Gasteiger partial charge in [0.2, 0.25) is 0 Å². The molecule has 0 bridgehead atoms. The number of anilines is 1. The molecule has 0 spiro atoms. The largest absolute Gasteiger partial charge is 0.382 e. The zero-order chi connectivity index (χ0) is 12.1. The maximum absolute atomic E-state index is 8.77. The van der Waals surface area contributed by atoms with E-state index in [2.05, 4.69) is 5.32 Å². The Morgan fingerprint density at radius 2 is 2.35 bits per heavy atom. The number of benzene rings is 1. The van der Waals surface area contributed by atoms with Gasteiger partial charge in [-0.15, -0.1) is 0 Å². The molecule has 0 saturated carbocycles.